The zero-order valence-corrected chi connectivity index (χ0v) is 9.01. The molecule has 0 aromatic carbocycles. The number of hydrogen-bond acceptors (Lipinski definition) is 4. The summed E-state index contributed by atoms with van der Waals surface area (Å²) in [7, 11) is 0. The molecule has 1 aromatic heterocycles. The van der Waals surface area contributed by atoms with Crippen LogP contribution < -0.4 is 10.6 Å². The van der Waals surface area contributed by atoms with Gasteiger partial charge in [-0.05, 0) is 12.8 Å². The van der Waals surface area contributed by atoms with E-state index in [1.165, 1.54) is 18.7 Å². The SMILES string of the molecule is O=C(NCC1(C(=O)O)CC1)Nc1cncnc1. The van der Waals surface area contributed by atoms with Crippen LogP contribution in [0.25, 0.3) is 0 Å². The fourth-order valence-electron chi connectivity index (χ4n) is 1.41. The van der Waals surface area contributed by atoms with Crippen molar-refractivity contribution >= 4 is 17.7 Å². The minimum atomic E-state index is -0.860. The van der Waals surface area contributed by atoms with Gasteiger partial charge >= 0.3 is 12.0 Å². The van der Waals surface area contributed by atoms with Crippen molar-refractivity contribution in [2.45, 2.75) is 12.8 Å². The first-order valence-corrected chi connectivity index (χ1v) is 5.16. The van der Waals surface area contributed by atoms with Gasteiger partial charge in [0.15, 0.2) is 0 Å². The highest BCUT2D eigenvalue weighted by Crippen LogP contribution is 2.45. The van der Waals surface area contributed by atoms with Crippen molar-refractivity contribution in [3.8, 4) is 0 Å². The molecule has 0 aliphatic heterocycles. The second kappa shape index (κ2) is 4.36. The Bertz CT molecular complexity index is 430. The molecule has 0 bridgehead atoms. The van der Waals surface area contributed by atoms with Crippen LogP contribution in [0.15, 0.2) is 18.7 Å². The number of amides is 2. The van der Waals surface area contributed by atoms with Crippen LogP contribution in [0.5, 0.6) is 0 Å². The van der Waals surface area contributed by atoms with Gasteiger partial charge in [-0.25, -0.2) is 14.8 Å². The van der Waals surface area contributed by atoms with Gasteiger partial charge in [-0.15, -0.1) is 0 Å². The van der Waals surface area contributed by atoms with E-state index in [0.717, 1.165) is 0 Å². The van der Waals surface area contributed by atoms with E-state index in [1.807, 2.05) is 0 Å². The van der Waals surface area contributed by atoms with Crippen LogP contribution in [-0.4, -0.2) is 33.6 Å². The summed E-state index contributed by atoms with van der Waals surface area (Å²) in [5.41, 5.74) is -0.296. The molecule has 7 heteroatoms. The molecule has 90 valence electrons. The number of aromatic nitrogens is 2. The Hall–Kier alpha value is -2.18. The van der Waals surface area contributed by atoms with Gasteiger partial charge in [-0.3, -0.25) is 4.79 Å². The number of carboxylic acid groups (broad SMARTS) is 1. The smallest absolute Gasteiger partial charge is 0.319 e. The lowest BCUT2D eigenvalue weighted by Gasteiger charge is -2.11. The summed E-state index contributed by atoms with van der Waals surface area (Å²) in [4.78, 5) is 29.8. The molecule has 0 saturated heterocycles. The van der Waals surface area contributed by atoms with Crippen LogP contribution in [0.1, 0.15) is 12.8 Å². The summed E-state index contributed by atoms with van der Waals surface area (Å²) in [6.45, 7) is 0.141. The Morgan fingerprint density at radius 3 is 2.53 bits per heavy atom. The quantitative estimate of drug-likeness (QED) is 0.704. The molecule has 1 aliphatic carbocycles. The van der Waals surface area contributed by atoms with Crippen molar-refractivity contribution < 1.29 is 14.7 Å². The maximum atomic E-state index is 11.4. The molecule has 2 rings (SSSR count). The Labute approximate surface area is 97.3 Å². The number of rotatable bonds is 4. The van der Waals surface area contributed by atoms with E-state index in [1.54, 1.807) is 0 Å². The summed E-state index contributed by atoms with van der Waals surface area (Å²) in [6, 6.07) is -0.452. The summed E-state index contributed by atoms with van der Waals surface area (Å²) in [5, 5.41) is 14.0. The predicted molar refractivity (Wildman–Crippen MR) is 58.4 cm³/mol. The molecule has 2 amide bonds. The lowest BCUT2D eigenvalue weighted by molar-refractivity contribution is -0.143. The summed E-state index contributed by atoms with van der Waals surface area (Å²) >= 11 is 0. The fourth-order valence-corrected chi connectivity index (χ4v) is 1.41. The fraction of sp³-hybridized carbons (Fsp3) is 0.400. The molecule has 1 fully saturated rings. The first kappa shape index (κ1) is 11.3. The van der Waals surface area contributed by atoms with Crippen molar-refractivity contribution in [2.75, 3.05) is 11.9 Å². The molecule has 0 radical (unpaired) electrons. The topological polar surface area (TPSA) is 104 Å². The summed E-state index contributed by atoms with van der Waals surface area (Å²) in [5.74, 6) is -0.860. The monoisotopic (exact) mass is 236 g/mol. The highest BCUT2D eigenvalue weighted by Gasteiger charge is 2.50. The van der Waals surface area contributed by atoms with E-state index in [0.29, 0.717) is 18.5 Å². The Kier molecular flexibility index (Phi) is 2.90. The average molecular weight is 236 g/mol. The average Bonchev–Trinajstić information content (AvgIpc) is 3.09. The molecule has 3 N–H and O–H groups in total. The molecule has 0 atom stereocenters. The third kappa shape index (κ3) is 2.68. The normalized spacial score (nSPS) is 16.0. The second-order valence-corrected chi connectivity index (χ2v) is 4.02. The maximum Gasteiger partial charge on any atom is 0.319 e. The number of nitrogens with one attached hydrogen (secondary N) is 2. The van der Waals surface area contributed by atoms with Crippen LogP contribution in [-0.2, 0) is 4.79 Å². The maximum absolute atomic E-state index is 11.4. The van der Waals surface area contributed by atoms with Gasteiger partial charge in [0.25, 0.3) is 0 Å². The molecular formula is C10H12N4O3. The molecule has 0 spiro atoms. The predicted octanol–water partition coefficient (Wildman–Crippen LogP) is 0.463. The van der Waals surface area contributed by atoms with Crippen molar-refractivity contribution in [3.05, 3.63) is 18.7 Å². The van der Waals surface area contributed by atoms with E-state index in [2.05, 4.69) is 20.6 Å². The Morgan fingerprint density at radius 2 is 2.00 bits per heavy atom. The molecule has 1 saturated carbocycles. The van der Waals surface area contributed by atoms with Gasteiger partial charge in [0.05, 0.1) is 23.5 Å². The third-order valence-corrected chi connectivity index (χ3v) is 2.71. The minimum Gasteiger partial charge on any atom is -0.481 e. The number of urea groups is 1. The first-order chi connectivity index (χ1) is 8.12. The van der Waals surface area contributed by atoms with Crippen LogP contribution in [0.4, 0.5) is 10.5 Å². The number of aliphatic carboxylic acids is 1. The molecule has 1 aromatic rings. The van der Waals surface area contributed by atoms with E-state index in [-0.39, 0.29) is 6.54 Å². The van der Waals surface area contributed by atoms with E-state index >= 15 is 0 Å². The minimum absolute atomic E-state index is 0.141. The summed E-state index contributed by atoms with van der Waals surface area (Å²) < 4.78 is 0. The van der Waals surface area contributed by atoms with Gasteiger partial charge in [0.1, 0.15) is 6.33 Å². The standard InChI is InChI=1S/C10H12N4O3/c15-8(16)10(1-2-10)5-13-9(17)14-7-3-11-6-12-4-7/h3-4,6H,1-2,5H2,(H,15,16)(H2,13,14,17). The molecule has 0 unspecified atom stereocenters. The van der Waals surface area contributed by atoms with Crippen molar-refractivity contribution in [3.63, 3.8) is 0 Å². The first-order valence-electron chi connectivity index (χ1n) is 5.16. The van der Waals surface area contributed by atoms with Crippen molar-refractivity contribution in [1.29, 1.82) is 0 Å². The third-order valence-electron chi connectivity index (χ3n) is 2.71. The molecule has 1 aliphatic rings. The largest absolute Gasteiger partial charge is 0.481 e. The number of hydrogen-bond donors (Lipinski definition) is 3. The number of carbonyl (C=O) groups excluding carboxylic acids is 1. The molecule has 17 heavy (non-hydrogen) atoms. The van der Waals surface area contributed by atoms with Crippen LogP contribution in [0.3, 0.4) is 0 Å². The van der Waals surface area contributed by atoms with Gasteiger partial charge in [-0.2, -0.15) is 0 Å². The highest BCUT2D eigenvalue weighted by molar-refractivity contribution is 5.89. The van der Waals surface area contributed by atoms with Gasteiger partial charge in [-0.1, -0.05) is 0 Å². The summed E-state index contributed by atoms with van der Waals surface area (Å²) in [6.07, 6.45) is 5.48. The van der Waals surface area contributed by atoms with E-state index in [4.69, 9.17) is 5.11 Å². The zero-order chi connectivity index (χ0) is 12.3. The number of carbonyl (C=O) groups is 2. The second-order valence-electron chi connectivity index (χ2n) is 4.02. The number of carboxylic acids is 1. The lowest BCUT2D eigenvalue weighted by Crippen LogP contribution is -2.36. The highest BCUT2D eigenvalue weighted by atomic mass is 16.4. The lowest BCUT2D eigenvalue weighted by atomic mass is 10.1. The van der Waals surface area contributed by atoms with E-state index < -0.39 is 17.4 Å². The van der Waals surface area contributed by atoms with Crippen molar-refractivity contribution in [2.24, 2.45) is 5.41 Å². The van der Waals surface area contributed by atoms with Crippen LogP contribution in [0, 0.1) is 5.41 Å². The number of anilines is 1. The van der Waals surface area contributed by atoms with Crippen LogP contribution in [0.2, 0.25) is 0 Å². The van der Waals surface area contributed by atoms with Gasteiger partial charge in [0.2, 0.25) is 0 Å². The molecular weight excluding hydrogens is 224 g/mol. The zero-order valence-electron chi connectivity index (χ0n) is 9.01. The van der Waals surface area contributed by atoms with Crippen LogP contribution >= 0.6 is 0 Å². The Morgan fingerprint density at radius 1 is 1.35 bits per heavy atom. The van der Waals surface area contributed by atoms with E-state index in [9.17, 15) is 9.59 Å². The Balaban J connectivity index is 1.81. The molecule has 1 heterocycles. The van der Waals surface area contributed by atoms with Crippen molar-refractivity contribution in [1.82, 2.24) is 15.3 Å². The molecule has 7 nitrogen and oxygen atoms in total. The van der Waals surface area contributed by atoms with Gasteiger partial charge < -0.3 is 15.7 Å². The number of nitrogens with zero attached hydrogens (tertiary/aromatic N) is 2. The van der Waals surface area contributed by atoms with Gasteiger partial charge in [0, 0.05) is 6.54 Å².